The van der Waals surface area contributed by atoms with Crippen molar-refractivity contribution in [3.05, 3.63) is 35.4 Å². The molecule has 21 heavy (non-hydrogen) atoms. The second-order valence-electron chi connectivity index (χ2n) is 5.69. The van der Waals surface area contributed by atoms with Crippen LogP contribution in [0.4, 0.5) is 0 Å². The van der Waals surface area contributed by atoms with Gasteiger partial charge >= 0.3 is 0 Å². The molecule has 0 spiro atoms. The molecule has 0 atom stereocenters. The zero-order valence-corrected chi connectivity index (χ0v) is 12.5. The minimum Gasteiger partial charge on any atom is -0.388 e. The molecule has 1 aliphatic rings. The molecule has 0 aromatic heterocycles. The van der Waals surface area contributed by atoms with Crippen molar-refractivity contribution >= 4 is 5.91 Å². The van der Waals surface area contributed by atoms with E-state index in [0.29, 0.717) is 51.1 Å². The van der Waals surface area contributed by atoms with Crippen molar-refractivity contribution in [3.8, 4) is 0 Å². The fourth-order valence-corrected chi connectivity index (χ4v) is 2.73. The van der Waals surface area contributed by atoms with Gasteiger partial charge in [0, 0.05) is 45.2 Å². The largest absolute Gasteiger partial charge is 0.388 e. The van der Waals surface area contributed by atoms with E-state index in [1.807, 2.05) is 24.3 Å². The van der Waals surface area contributed by atoms with Gasteiger partial charge in [0.15, 0.2) is 0 Å². The Morgan fingerprint density at radius 3 is 2.71 bits per heavy atom. The zero-order chi connectivity index (χ0) is 15.3. The highest BCUT2D eigenvalue weighted by molar-refractivity contribution is 5.95. The molecule has 1 heterocycles. The predicted molar refractivity (Wildman–Crippen MR) is 81.2 cm³/mol. The van der Waals surface area contributed by atoms with E-state index in [9.17, 15) is 9.90 Å². The van der Waals surface area contributed by atoms with Gasteiger partial charge in [0.2, 0.25) is 0 Å². The van der Waals surface area contributed by atoms with Gasteiger partial charge in [-0.15, -0.1) is 0 Å². The van der Waals surface area contributed by atoms with Crippen molar-refractivity contribution in [2.24, 2.45) is 5.73 Å². The molecule has 1 saturated heterocycles. The molecular weight excluding hydrogens is 268 g/mol. The third kappa shape index (κ3) is 4.03. The molecule has 0 radical (unpaired) electrons. The number of nitrogens with zero attached hydrogens (tertiary/aromatic N) is 1. The van der Waals surface area contributed by atoms with E-state index in [4.69, 9.17) is 10.5 Å². The lowest BCUT2D eigenvalue weighted by Crippen LogP contribution is -2.47. The van der Waals surface area contributed by atoms with Gasteiger partial charge in [-0.05, 0) is 24.6 Å². The van der Waals surface area contributed by atoms with Gasteiger partial charge < -0.3 is 20.5 Å². The van der Waals surface area contributed by atoms with Gasteiger partial charge in [-0.25, -0.2) is 0 Å². The highest BCUT2D eigenvalue weighted by atomic mass is 16.5. The Morgan fingerprint density at radius 1 is 1.38 bits per heavy atom. The van der Waals surface area contributed by atoms with Crippen molar-refractivity contribution in [2.75, 3.05) is 33.4 Å². The first-order valence-electron chi connectivity index (χ1n) is 7.39. The fraction of sp³-hybridized carbons (Fsp3) is 0.562. The number of benzene rings is 1. The number of aliphatic hydroxyl groups is 1. The van der Waals surface area contributed by atoms with Crippen LogP contribution in [0.5, 0.6) is 0 Å². The Kier molecular flexibility index (Phi) is 5.33. The van der Waals surface area contributed by atoms with Crippen LogP contribution in [-0.2, 0) is 11.2 Å². The summed E-state index contributed by atoms with van der Waals surface area (Å²) >= 11 is 0. The van der Waals surface area contributed by atoms with E-state index in [1.165, 1.54) is 0 Å². The highest BCUT2D eigenvalue weighted by Crippen LogP contribution is 2.22. The first-order chi connectivity index (χ1) is 10.1. The second kappa shape index (κ2) is 7.02. The van der Waals surface area contributed by atoms with E-state index in [0.717, 1.165) is 5.56 Å². The zero-order valence-electron chi connectivity index (χ0n) is 12.5. The molecule has 116 valence electrons. The average molecular weight is 292 g/mol. The van der Waals surface area contributed by atoms with Gasteiger partial charge in [-0.1, -0.05) is 18.2 Å². The number of hydrogen-bond donors (Lipinski definition) is 2. The van der Waals surface area contributed by atoms with Crippen molar-refractivity contribution in [1.82, 2.24) is 4.90 Å². The van der Waals surface area contributed by atoms with Crippen molar-refractivity contribution in [1.29, 1.82) is 0 Å². The maximum absolute atomic E-state index is 12.6. The number of hydrogen-bond acceptors (Lipinski definition) is 4. The van der Waals surface area contributed by atoms with Crippen LogP contribution in [0.25, 0.3) is 0 Å². The van der Waals surface area contributed by atoms with Crippen LogP contribution < -0.4 is 5.73 Å². The van der Waals surface area contributed by atoms with E-state index in [-0.39, 0.29) is 5.91 Å². The summed E-state index contributed by atoms with van der Waals surface area (Å²) in [6.45, 7) is 1.92. The van der Waals surface area contributed by atoms with E-state index in [1.54, 1.807) is 11.9 Å². The molecular formula is C16H24N2O3. The van der Waals surface area contributed by atoms with E-state index < -0.39 is 5.60 Å². The Hall–Kier alpha value is -1.43. The van der Waals surface area contributed by atoms with Crippen LogP contribution in [-0.4, -0.2) is 54.9 Å². The molecule has 1 aliphatic heterocycles. The Bertz CT molecular complexity index is 484. The number of ether oxygens (including phenoxy) is 1. The molecule has 5 heteroatoms. The number of nitrogens with two attached hydrogens (primary N) is 1. The number of amides is 1. The molecule has 5 nitrogen and oxygen atoms in total. The average Bonchev–Trinajstić information content (AvgIpc) is 2.47. The van der Waals surface area contributed by atoms with Crippen LogP contribution in [0.2, 0.25) is 0 Å². The molecule has 0 bridgehead atoms. The SMILES string of the molecule is CN(CC1(O)CCOCC1)C(=O)c1ccccc1CCN. The molecule has 1 fully saturated rings. The van der Waals surface area contributed by atoms with Gasteiger partial charge in [0.25, 0.3) is 5.91 Å². The first-order valence-corrected chi connectivity index (χ1v) is 7.39. The lowest BCUT2D eigenvalue weighted by atomic mass is 9.93. The number of likely N-dealkylation sites (N-methyl/N-ethyl adjacent to an activating group) is 1. The van der Waals surface area contributed by atoms with Crippen LogP contribution >= 0.6 is 0 Å². The molecule has 0 unspecified atom stereocenters. The standard InChI is InChI=1S/C16H24N2O3/c1-18(12-16(20)7-10-21-11-8-16)15(19)14-5-3-2-4-13(14)6-9-17/h2-5,20H,6-12,17H2,1H3. The summed E-state index contributed by atoms with van der Waals surface area (Å²) < 4.78 is 5.27. The van der Waals surface area contributed by atoms with Gasteiger partial charge in [-0.2, -0.15) is 0 Å². The normalized spacial score (nSPS) is 17.5. The van der Waals surface area contributed by atoms with E-state index in [2.05, 4.69) is 0 Å². The quantitative estimate of drug-likeness (QED) is 0.842. The molecule has 0 aliphatic carbocycles. The third-order valence-electron chi connectivity index (χ3n) is 3.96. The minimum absolute atomic E-state index is 0.0704. The predicted octanol–water partition coefficient (Wildman–Crippen LogP) is 0.801. The maximum Gasteiger partial charge on any atom is 0.253 e. The lowest BCUT2D eigenvalue weighted by Gasteiger charge is -2.35. The summed E-state index contributed by atoms with van der Waals surface area (Å²) in [4.78, 5) is 14.2. The summed E-state index contributed by atoms with van der Waals surface area (Å²) in [5.74, 6) is -0.0704. The number of carbonyl (C=O) groups excluding carboxylic acids is 1. The monoisotopic (exact) mass is 292 g/mol. The molecule has 1 aromatic carbocycles. The van der Waals surface area contributed by atoms with Gasteiger partial charge in [0.05, 0.1) is 5.60 Å². The molecule has 2 rings (SSSR count). The van der Waals surface area contributed by atoms with E-state index >= 15 is 0 Å². The van der Waals surface area contributed by atoms with Crippen LogP contribution in [0.15, 0.2) is 24.3 Å². The van der Waals surface area contributed by atoms with Crippen LogP contribution in [0.3, 0.4) is 0 Å². The molecule has 3 N–H and O–H groups in total. The number of rotatable bonds is 5. The second-order valence-corrected chi connectivity index (χ2v) is 5.69. The topological polar surface area (TPSA) is 75.8 Å². The van der Waals surface area contributed by atoms with Gasteiger partial charge in [0.1, 0.15) is 0 Å². The summed E-state index contributed by atoms with van der Waals surface area (Å²) in [5.41, 5.74) is 6.38. The third-order valence-corrected chi connectivity index (χ3v) is 3.96. The Morgan fingerprint density at radius 2 is 2.05 bits per heavy atom. The van der Waals surface area contributed by atoms with Crippen molar-refractivity contribution in [3.63, 3.8) is 0 Å². The summed E-state index contributed by atoms with van der Waals surface area (Å²) in [5, 5.41) is 10.5. The number of carbonyl (C=O) groups is 1. The van der Waals surface area contributed by atoms with Gasteiger partial charge in [-0.3, -0.25) is 4.79 Å². The highest BCUT2D eigenvalue weighted by Gasteiger charge is 2.32. The minimum atomic E-state index is -0.842. The summed E-state index contributed by atoms with van der Waals surface area (Å²) in [6.07, 6.45) is 1.80. The Labute approximate surface area is 125 Å². The lowest BCUT2D eigenvalue weighted by molar-refractivity contribution is -0.0734. The van der Waals surface area contributed by atoms with Crippen molar-refractivity contribution < 1.29 is 14.6 Å². The maximum atomic E-state index is 12.6. The van der Waals surface area contributed by atoms with Crippen LogP contribution in [0.1, 0.15) is 28.8 Å². The smallest absolute Gasteiger partial charge is 0.253 e. The first kappa shape index (κ1) is 15.9. The summed E-state index contributed by atoms with van der Waals surface area (Å²) in [7, 11) is 1.73. The van der Waals surface area contributed by atoms with Crippen LogP contribution in [0, 0.1) is 0 Å². The molecule has 1 amide bonds. The Balaban J connectivity index is 2.08. The molecule has 1 aromatic rings. The van der Waals surface area contributed by atoms with Crippen molar-refractivity contribution in [2.45, 2.75) is 24.9 Å². The summed E-state index contributed by atoms with van der Waals surface area (Å²) in [6, 6.07) is 7.51. The fourth-order valence-electron chi connectivity index (χ4n) is 2.73. The molecule has 0 saturated carbocycles.